The summed E-state index contributed by atoms with van der Waals surface area (Å²) in [5, 5.41) is 2.49. The zero-order valence-corrected chi connectivity index (χ0v) is 11.7. The van der Waals surface area contributed by atoms with Crippen molar-refractivity contribution in [3.63, 3.8) is 0 Å². The molecule has 1 atom stereocenters. The number of amides is 3. The van der Waals surface area contributed by atoms with Crippen LogP contribution < -0.4 is 5.32 Å². The van der Waals surface area contributed by atoms with E-state index < -0.39 is 5.54 Å². The third-order valence-corrected chi connectivity index (χ3v) is 4.78. The molecule has 106 valence electrons. The van der Waals surface area contributed by atoms with E-state index in [0.717, 1.165) is 38.5 Å². The van der Waals surface area contributed by atoms with Crippen LogP contribution >= 0.6 is 0 Å². The van der Waals surface area contributed by atoms with Gasteiger partial charge in [0.25, 0.3) is 5.91 Å². The molecular formula is C14H22N2O3. The molecule has 2 heterocycles. The summed E-state index contributed by atoms with van der Waals surface area (Å²) < 4.78 is 5.96. The van der Waals surface area contributed by atoms with Crippen LogP contribution in [0.3, 0.4) is 0 Å². The van der Waals surface area contributed by atoms with Crippen molar-refractivity contribution in [3.05, 3.63) is 0 Å². The molecule has 0 bridgehead atoms. The van der Waals surface area contributed by atoms with Crippen molar-refractivity contribution in [2.45, 2.75) is 69.6 Å². The quantitative estimate of drug-likeness (QED) is 0.775. The van der Waals surface area contributed by atoms with E-state index in [1.807, 2.05) is 0 Å². The zero-order valence-electron chi connectivity index (χ0n) is 11.7. The fourth-order valence-electron chi connectivity index (χ4n) is 3.72. The minimum atomic E-state index is -0.576. The first kappa shape index (κ1) is 12.9. The first-order valence-electron chi connectivity index (χ1n) is 7.24. The normalized spacial score (nSPS) is 32.3. The standard InChI is InChI=1S/C14H22N2O3/c1-13(2)8-5-10(19-13)9-16-12(18)15-11(17)14(16)6-3-4-7-14/h10H,3-9H2,1-2H3,(H,15,17,18). The number of hydrogen-bond acceptors (Lipinski definition) is 3. The molecule has 0 aromatic rings. The molecule has 1 spiro atoms. The average Bonchev–Trinajstić information content (AvgIpc) is 2.97. The van der Waals surface area contributed by atoms with E-state index in [9.17, 15) is 9.59 Å². The van der Waals surface area contributed by atoms with Gasteiger partial charge in [-0.05, 0) is 39.5 Å². The molecule has 0 radical (unpaired) electrons. The first-order valence-corrected chi connectivity index (χ1v) is 7.24. The van der Waals surface area contributed by atoms with Gasteiger partial charge in [-0.2, -0.15) is 0 Å². The lowest BCUT2D eigenvalue weighted by molar-refractivity contribution is -0.127. The highest BCUT2D eigenvalue weighted by Crippen LogP contribution is 2.40. The van der Waals surface area contributed by atoms with Crippen LogP contribution in [0.15, 0.2) is 0 Å². The number of nitrogens with zero attached hydrogens (tertiary/aromatic N) is 1. The Morgan fingerprint density at radius 2 is 1.95 bits per heavy atom. The summed E-state index contributed by atoms with van der Waals surface area (Å²) in [5.74, 6) is -0.104. The molecule has 19 heavy (non-hydrogen) atoms. The van der Waals surface area contributed by atoms with Gasteiger partial charge in [0.15, 0.2) is 0 Å². The van der Waals surface area contributed by atoms with Gasteiger partial charge in [-0.15, -0.1) is 0 Å². The number of nitrogens with one attached hydrogen (secondary N) is 1. The molecule has 1 N–H and O–H groups in total. The highest BCUT2D eigenvalue weighted by atomic mass is 16.5. The van der Waals surface area contributed by atoms with Crippen molar-refractivity contribution in [2.75, 3.05) is 6.54 Å². The molecule has 2 saturated heterocycles. The Morgan fingerprint density at radius 1 is 1.26 bits per heavy atom. The zero-order chi connectivity index (χ0) is 13.7. The lowest BCUT2D eigenvalue weighted by Gasteiger charge is -2.33. The Hall–Kier alpha value is -1.10. The van der Waals surface area contributed by atoms with Gasteiger partial charge in [-0.25, -0.2) is 4.79 Å². The maximum absolute atomic E-state index is 12.1. The topological polar surface area (TPSA) is 58.6 Å². The molecule has 0 aromatic carbocycles. The van der Waals surface area contributed by atoms with E-state index in [1.165, 1.54) is 0 Å². The van der Waals surface area contributed by atoms with Gasteiger partial charge in [-0.3, -0.25) is 10.1 Å². The lowest BCUT2D eigenvalue weighted by atomic mass is 9.95. The second-order valence-corrected chi connectivity index (χ2v) is 6.65. The van der Waals surface area contributed by atoms with Crippen LogP contribution in [-0.4, -0.2) is 40.6 Å². The first-order chi connectivity index (χ1) is 8.93. The van der Waals surface area contributed by atoms with E-state index in [2.05, 4.69) is 19.2 Å². The third-order valence-electron chi connectivity index (χ3n) is 4.78. The number of hydrogen-bond donors (Lipinski definition) is 1. The van der Waals surface area contributed by atoms with Crippen molar-refractivity contribution in [2.24, 2.45) is 0 Å². The van der Waals surface area contributed by atoms with Gasteiger partial charge < -0.3 is 9.64 Å². The molecule has 5 heteroatoms. The van der Waals surface area contributed by atoms with Crippen molar-refractivity contribution in [1.82, 2.24) is 10.2 Å². The van der Waals surface area contributed by atoms with Crippen molar-refractivity contribution < 1.29 is 14.3 Å². The number of imide groups is 1. The van der Waals surface area contributed by atoms with Gasteiger partial charge in [0.05, 0.1) is 11.7 Å². The average molecular weight is 266 g/mol. The minimum absolute atomic E-state index is 0.0594. The minimum Gasteiger partial charge on any atom is -0.371 e. The smallest absolute Gasteiger partial charge is 0.325 e. The van der Waals surface area contributed by atoms with E-state index in [-0.39, 0.29) is 23.6 Å². The molecule has 1 aliphatic carbocycles. The van der Waals surface area contributed by atoms with Crippen molar-refractivity contribution >= 4 is 11.9 Å². The Labute approximate surface area is 113 Å². The predicted molar refractivity (Wildman–Crippen MR) is 69.6 cm³/mol. The third kappa shape index (κ3) is 2.04. The number of carbonyl (C=O) groups excluding carboxylic acids is 2. The summed E-state index contributed by atoms with van der Waals surface area (Å²) in [7, 11) is 0. The fourth-order valence-corrected chi connectivity index (χ4v) is 3.72. The maximum Gasteiger partial charge on any atom is 0.325 e. The van der Waals surface area contributed by atoms with Crippen LogP contribution in [0.5, 0.6) is 0 Å². The fraction of sp³-hybridized carbons (Fsp3) is 0.857. The Kier molecular flexibility index (Phi) is 2.85. The Balaban J connectivity index is 1.75. The summed E-state index contributed by atoms with van der Waals surface area (Å²) in [6.45, 7) is 4.70. The molecule has 1 unspecified atom stereocenters. The molecule has 1 saturated carbocycles. The molecule has 2 aliphatic heterocycles. The Morgan fingerprint density at radius 3 is 2.53 bits per heavy atom. The molecular weight excluding hydrogens is 244 g/mol. The van der Waals surface area contributed by atoms with E-state index in [4.69, 9.17) is 4.74 Å². The van der Waals surface area contributed by atoms with E-state index in [0.29, 0.717) is 6.54 Å². The molecule has 3 aliphatic rings. The largest absolute Gasteiger partial charge is 0.371 e. The van der Waals surface area contributed by atoms with Gasteiger partial charge in [0, 0.05) is 6.54 Å². The molecule has 3 amide bonds. The molecule has 3 rings (SSSR count). The SMILES string of the molecule is CC1(C)CCC(CN2C(=O)NC(=O)C23CCCC3)O1. The van der Waals surface area contributed by atoms with Crippen molar-refractivity contribution in [3.8, 4) is 0 Å². The predicted octanol–water partition coefficient (Wildman–Crippen LogP) is 1.81. The lowest BCUT2D eigenvalue weighted by Crippen LogP contribution is -2.50. The second-order valence-electron chi connectivity index (χ2n) is 6.65. The highest BCUT2D eigenvalue weighted by molar-refractivity contribution is 6.07. The second kappa shape index (κ2) is 4.20. The summed E-state index contributed by atoms with van der Waals surface area (Å²) in [5.41, 5.74) is -0.680. The number of rotatable bonds is 2. The molecule has 3 fully saturated rings. The monoisotopic (exact) mass is 266 g/mol. The summed E-state index contributed by atoms with van der Waals surface area (Å²) in [4.78, 5) is 25.9. The van der Waals surface area contributed by atoms with Crippen LogP contribution in [0.1, 0.15) is 52.4 Å². The van der Waals surface area contributed by atoms with Crippen LogP contribution in [0.4, 0.5) is 4.79 Å². The summed E-state index contributed by atoms with van der Waals surface area (Å²) >= 11 is 0. The van der Waals surface area contributed by atoms with Gasteiger partial charge in [-0.1, -0.05) is 12.8 Å². The highest BCUT2D eigenvalue weighted by Gasteiger charge is 2.54. The number of ether oxygens (including phenoxy) is 1. The molecule has 0 aromatic heterocycles. The van der Waals surface area contributed by atoms with E-state index >= 15 is 0 Å². The van der Waals surface area contributed by atoms with Gasteiger partial charge >= 0.3 is 6.03 Å². The molecule has 5 nitrogen and oxygen atoms in total. The van der Waals surface area contributed by atoms with Gasteiger partial charge in [0.1, 0.15) is 5.54 Å². The summed E-state index contributed by atoms with van der Waals surface area (Å²) in [6, 6.07) is -0.236. The van der Waals surface area contributed by atoms with Gasteiger partial charge in [0.2, 0.25) is 0 Å². The summed E-state index contributed by atoms with van der Waals surface area (Å²) in [6.07, 6.45) is 5.66. The van der Waals surface area contributed by atoms with Crippen LogP contribution in [-0.2, 0) is 9.53 Å². The number of carbonyl (C=O) groups is 2. The van der Waals surface area contributed by atoms with Crippen molar-refractivity contribution in [1.29, 1.82) is 0 Å². The van der Waals surface area contributed by atoms with Crippen LogP contribution in [0, 0.1) is 0 Å². The number of urea groups is 1. The van der Waals surface area contributed by atoms with E-state index in [1.54, 1.807) is 4.90 Å². The van der Waals surface area contributed by atoms with Crippen LogP contribution in [0.25, 0.3) is 0 Å². The Bertz CT molecular complexity index is 413. The van der Waals surface area contributed by atoms with Crippen LogP contribution in [0.2, 0.25) is 0 Å². The maximum atomic E-state index is 12.1.